The molecule has 14 heavy (non-hydrogen) atoms. The molecule has 0 bridgehead atoms. The fourth-order valence-electron chi connectivity index (χ4n) is 1.76. The van der Waals surface area contributed by atoms with E-state index in [1.807, 2.05) is 6.07 Å². The summed E-state index contributed by atoms with van der Waals surface area (Å²) in [5.41, 5.74) is 2.41. The molecular weight excluding hydrogens is 172 g/mol. The lowest BCUT2D eigenvalue weighted by Gasteiger charge is -1.96. The van der Waals surface area contributed by atoms with Gasteiger partial charge in [-0.1, -0.05) is 31.9 Å². The molecule has 2 nitrogen and oxygen atoms in total. The topological polar surface area (TPSA) is 29.0 Å². The van der Waals surface area contributed by atoms with Crippen LogP contribution in [-0.2, 0) is 0 Å². The summed E-state index contributed by atoms with van der Waals surface area (Å²) in [4.78, 5) is 4.58. The Morgan fingerprint density at radius 2 is 2.07 bits per heavy atom. The normalized spacial score (nSPS) is 13.9. The van der Waals surface area contributed by atoms with Crippen LogP contribution >= 0.6 is 0 Å². The van der Waals surface area contributed by atoms with Gasteiger partial charge in [-0.25, -0.2) is 0 Å². The van der Waals surface area contributed by atoms with Crippen LogP contribution in [0.3, 0.4) is 0 Å². The fourth-order valence-corrected chi connectivity index (χ4v) is 1.76. The number of benzene rings is 1. The van der Waals surface area contributed by atoms with Crippen molar-refractivity contribution >= 4 is 17.2 Å². The molecule has 0 atom stereocenters. The summed E-state index contributed by atoms with van der Waals surface area (Å²) >= 11 is 0. The average Bonchev–Trinajstić information content (AvgIpc) is 2.60. The zero-order valence-corrected chi connectivity index (χ0v) is 8.66. The van der Waals surface area contributed by atoms with E-state index in [1.165, 1.54) is 30.8 Å². The van der Waals surface area contributed by atoms with Crippen LogP contribution in [0.15, 0.2) is 29.3 Å². The molecule has 1 aromatic carbocycles. The third-order valence-corrected chi connectivity index (χ3v) is 2.56. The first-order chi connectivity index (χ1) is 6.90. The molecule has 2 rings (SSSR count). The second-order valence-electron chi connectivity index (χ2n) is 3.76. The average molecular weight is 189 g/mol. The van der Waals surface area contributed by atoms with Crippen molar-refractivity contribution in [2.24, 2.45) is 4.99 Å². The molecule has 0 aromatic heterocycles. The number of hydrogen-bond acceptors (Lipinski definition) is 1. The molecule has 74 valence electrons. The number of unbranched alkanes of at least 4 members (excludes halogenated alkanes) is 2. The van der Waals surface area contributed by atoms with Crippen LogP contribution in [0.5, 0.6) is 0 Å². The third kappa shape index (κ3) is 2.02. The van der Waals surface area contributed by atoms with E-state index in [0.717, 1.165) is 12.1 Å². The summed E-state index contributed by atoms with van der Waals surface area (Å²) in [5, 5.41) is 2.21. The predicted molar refractivity (Wildman–Crippen MR) is 59.3 cm³/mol. The molecule has 0 spiro atoms. The van der Waals surface area contributed by atoms with Crippen LogP contribution in [0.1, 0.15) is 32.6 Å². The summed E-state index contributed by atoms with van der Waals surface area (Å²) in [6, 6.07) is 8.33. The Labute approximate surface area is 85.1 Å². The van der Waals surface area contributed by atoms with Crippen molar-refractivity contribution in [3.05, 3.63) is 24.3 Å². The van der Waals surface area contributed by atoms with Gasteiger partial charge in [0.15, 0.2) is 5.69 Å². The number of fused-ring (bicyclic) bond motifs is 1. The smallest absolute Gasteiger partial charge is 0.205 e. The first-order valence-electron chi connectivity index (χ1n) is 5.41. The van der Waals surface area contributed by atoms with Crippen LogP contribution in [0.4, 0.5) is 11.4 Å². The summed E-state index contributed by atoms with van der Waals surface area (Å²) in [7, 11) is 0. The Kier molecular flexibility index (Phi) is 2.94. The molecule has 1 aliphatic rings. The van der Waals surface area contributed by atoms with Gasteiger partial charge < -0.3 is 0 Å². The van der Waals surface area contributed by atoms with Crippen molar-refractivity contribution in [3.63, 3.8) is 0 Å². The van der Waals surface area contributed by atoms with Crippen molar-refractivity contribution in [2.45, 2.75) is 32.6 Å². The van der Waals surface area contributed by atoms with Crippen molar-refractivity contribution < 1.29 is 5.32 Å². The molecule has 0 radical (unpaired) electrons. The minimum Gasteiger partial charge on any atom is -0.267 e. The Morgan fingerprint density at radius 3 is 2.86 bits per heavy atom. The van der Waals surface area contributed by atoms with E-state index in [-0.39, 0.29) is 0 Å². The highest BCUT2D eigenvalue weighted by atomic mass is 15.1. The minimum atomic E-state index is 1.13. The maximum Gasteiger partial charge on any atom is 0.205 e. The number of nitrogens with zero attached hydrogens (tertiary/aromatic N) is 1. The number of para-hydroxylation sites is 2. The molecule has 0 amide bonds. The van der Waals surface area contributed by atoms with E-state index < -0.39 is 0 Å². The van der Waals surface area contributed by atoms with Gasteiger partial charge in [-0.05, 0) is 12.5 Å². The molecule has 0 fully saturated rings. The number of nitrogens with two attached hydrogens (primary N) is 1. The van der Waals surface area contributed by atoms with Crippen LogP contribution in [-0.4, -0.2) is 5.84 Å². The first-order valence-corrected chi connectivity index (χ1v) is 5.41. The quantitative estimate of drug-likeness (QED) is 0.557. The predicted octanol–water partition coefficient (Wildman–Crippen LogP) is 2.51. The lowest BCUT2D eigenvalue weighted by Crippen LogP contribution is -2.80. The van der Waals surface area contributed by atoms with E-state index in [4.69, 9.17) is 0 Å². The van der Waals surface area contributed by atoms with Gasteiger partial charge in [-0.2, -0.15) is 4.99 Å². The SMILES string of the molecule is CCCCCC1=Nc2ccccc2[NH2+]1. The highest BCUT2D eigenvalue weighted by molar-refractivity contribution is 5.84. The minimum absolute atomic E-state index is 1.13. The Balaban J connectivity index is 1.95. The van der Waals surface area contributed by atoms with E-state index in [2.05, 4.69) is 35.4 Å². The lowest BCUT2D eigenvalue weighted by atomic mass is 10.2. The summed E-state index contributed by atoms with van der Waals surface area (Å²) in [6.07, 6.45) is 4.98. The number of rotatable bonds is 4. The van der Waals surface area contributed by atoms with Crippen LogP contribution in [0, 0.1) is 0 Å². The second kappa shape index (κ2) is 4.38. The van der Waals surface area contributed by atoms with Gasteiger partial charge in [-0.3, -0.25) is 5.32 Å². The molecule has 0 unspecified atom stereocenters. The molecule has 1 heterocycles. The van der Waals surface area contributed by atoms with E-state index in [1.54, 1.807) is 0 Å². The maximum atomic E-state index is 4.58. The molecule has 1 aromatic rings. The van der Waals surface area contributed by atoms with Gasteiger partial charge >= 0.3 is 0 Å². The second-order valence-corrected chi connectivity index (χ2v) is 3.76. The zero-order chi connectivity index (χ0) is 9.80. The Bertz CT molecular complexity index is 342. The Morgan fingerprint density at radius 1 is 1.21 bits per heavy atom. The van der Waals surface area contributed by atoms with Crippen LogP contribution < -0.4 is 5.32 Å². The zero-order valence-electron chi connectivity index (χ0n) is 8.66. The van der Waals surface area contributed by atoms with Gasteiger partial charge in [0.1, 0.15) is 5.69 Å². The third-order valence-electron chi connectivity index (χ3n) is 2.56. The molecule has 1 aliphatic heterocycles. The summed E-state index contributed by atoms with van der Waals surface area (Å²) < 4.78 is 0. The van der Waals surface area contributed by atoms with Gasteiger partial charge in [-0.15, -0.1) is 0 Å². The van der Waals surface area contributed by atoms with Crippen LogP contribution in [0.25, 0.3) is 0 Å². The number of aliphatic imine (C=N–C) groups is 1. The van der Waals surface area contributed by atoms with Gasteiger partial charge in [0.25, 0.3) is 0 Å². The van der Waals surface area contributed by atoms with Gasteiger partial charge in [0, 0.05) is 12.5 Å². The largest absolute Gasteiger partial charge is 0.267 e. The van der Waals surface area contributed by atoms with Crippen molar-refractivity contribution in [3.8, 4) is 0 Å². The van der Waals surface area contributed by atoms with Crippen molar-refractivity contribution in [1.29, 1.82) is 0 Å². The van der Waals surface area contributed by atoms with Crippen molar-refractivity contribution in [1.82, 2.24) is 0 Å². The Hall–Kier alpha value is -1.15. The number of hydrogen-bond donors (Lipinski definition) is 1. The molecule has 0 saturated carbocycles. The molecule has 0 saturated heterocycles. The standard InChI is InChI=1S/C12H16N2/c1-2-3-4-9-12-13-10-7-5-6-8-11(10)14-12/h5-8H,2-4,9H2,1H3,(H,13,14)/p+1. The lowest BCUT2D eigenvalue weighted by molar-refractivity contribution is -0.441. The highest BCUT2D eigenvalue weighted by Crippen LogP contribution is 2.23. The van der Waals surface area contributed by atoms with E-state index in [0.29, 0.717) is 0 Å². The van der Waals surface area contributed by atoms with E-state index in [9.17, 15) is 0 Å². The number of amidine groups is 1. The first kappa shape index (κ1) is 9.41. The van der Waals surface area contributed by atoms with Crippen molar-refractivity contribution in [2.75, 3.05) is 0 Å². The molecular formula is C12H17N2+. The molecule has 2 heteroatoms. The monoisotopic (exact) mass is 189 g/mol. The van der Waals surface area contributed by atoms with Gasteiger partial charge in [0.05, 0.1) is 0 Å². The number of quaternary nitrogens is 1. The molecule has 0 aliphatic carbocycles. The highest BCUT2D eigenvalue weighted by Gasteiger charge is 2.17. The molecule has 2 N–H and O–H groups in total. The summed E-state index contributed by atoms with van der Waals surface area (Å²) in [6.45, 7) is 2.23. The summed E-state index contributed by atoms with van der Waals surface area (Å²) in [5.74, 6) is 1.25. The van der Waals surface area contributed by atoms with E-state index >= 15 is 0 Å². The fraction of sp³-hybridized carbons (Fsp3) is 0.417. The van der Waals surface area contributed by atoms with Crippen LogP contribution in [0.2, 0.25) is 0 Å². The maximum absolute atomic E-state index is 4.58. The van der Waals surface area contributed by atoms with Gasteiger partial charge in [0.2, 0.25) is 5.84 Å².